The second-order valence-corrected chi connectivity index (χ2v) is 5.23. The van der Waals surface area contributed by atoms with Gasteiger partial charge in [0.2, 0.25) is 0 Å². The molecule has 0 aliphatic heterocycles. The van der Waals surface area contributed by atoms with Gasteiger partial charge in [0.15, 0.2) is 0 Å². The zero-order valence-electron chi connectivity index (χ0n) is 16.4. The molecule has 0 saturated carbocycles. The number of methoxy groups -OCH3 is 2. The normalized spacial score (nSPS) is 11.1. The van der Waals surface area contributed by atoms with E-state index < -0.39 is 29.2 Å². The molecule has 0 spiro atoms. The van der Waals surface area contributed by atoms with E-state index in [9.17, 15) is 14.4 Å². The Bertz CT molecular complexity index is 802. The fourth-order valence-corrected chi connectivity index (χ4v) is 2.09. The van der Waals surface area contributed by atoms with Crippen LogP contribution in [0, 0.1) is 0 Å². The standard InChI is InChI=1S/C16H18NO6.C5H5.Fe/c1-4-23-16(20)13(17)12(15(19)22-3)11(14(18)21-2)9-10-7-5-6-8-10;1-2-4-5-3-1;/h5-9H,4,17H2,1-3H3;1-5H;/q2*-1;. The van der Waals surface area contributed by atoms with Crippen LogP contribution >= 0.6 is 0 Å². The number of ether oxygens (including phenoxy) is 3. The summed E-state index contributed by atoms with van der Waals surface area (Å²) in [5.41, 5.74) is 5.20. The van der Waals surface area contributed by atoms with Crippen molar-refractivity contribution >= 4 is 24.0 Å². The molecule has 2 N–H and O–H groups in total. The van der Waals surface area contributed by atoms with Crippen LogP contribution in [0.1, 0.15) is 12.5 Å². The van der Waals surface area contributed by atoms with Gasteiger partial charge >= 0.3 is 11.9 Å². The quantitative estimate of drug-likeness (QED) is 0.183. The van der Waals surface area contributed by atoms with Crippen molar-refractivity contribution in [3.05, 3.63) is 77.0 Å². The molecule has 0 heterocycles. The molecule has 0 atom stereocenters. The van der Waals surface area contributed by atoms with Gasteiger partial charge < -0.3 is 19.9 Å². The molecule has 0 amide bonds. The van der Waals surface area contributed by atoms with E-state index in [1.54, 1.807) is 31.2 Å². The summed E-state index contributed by atoms with van der Waals surface area (Å²) in [6, 6.07) is 16.9. The molecule has 0 aliphatic carbocycles. The monoisotopic (exact) mass is 441 g/mol. The molecule has 158 valence electrons. The Morgan fingerprint density at radius 3 is 1.93 bits per heavy atom. The molecule has 2 aromatic rings. The van der Waals surface area contributed by atoms with Crippen molar-refractivity contribution in [2.75, 3.05) is 20.8 Å². The number of hydrogen-bond donors (Lipinski definition) is 1. The summed E-state index contributed by atoms with van der Waals surface area (Å²) in [4.78, 5) is 35.9. The van der Waals surface area contributed by atoms with Crippen molar-refractivity contribution in [2.45, 2.75) is 6.92 Å². The minimum atomic E-state index is -0.946. The van der Waals surface area contributed by atoms with E-state index >= 15 is 0 Å². The van der Waals surface area contributed by atoms with E-state index in [1.165, 1.54) is 6.08 Å². The smallest absolute Gasteiger partial charge is 0.354 e. The van der Waals surface area contributed by atoms with E-state index in [2.05, 4.69) is 9.47 Å². The van der Waals surface area contributed by atoms with Gasteiger partial charge in [0, 0.05) is 22.6 Å². The molecule has 8 heteroatoms. The first-order valence-corrected chi connectivity index (χ1v) is 8.40. The van der Waals surface area contributed by atoms with Crippen molar-refractivity contribution in [1.29, 1.82) is 0 Å². The van der Waals surface area contributed by atoms with Crippen molar-refractivity contribution in [3.63, 3.8) is 0 Å². The Balaban J connectivity index is 0.00000113. The van der Waals surface area contributed by atoms with Crippen LogP contribution in [0.2, 0.25) is 0 Å². The molecule has 0 fully saturated rings. The molecular weight excluding hydrogens is 418 g/mol. The fourth-order valence-electron chi connectivity index (χ4n) is 2.09. The van der Waals surface area contributed by atoms with E-state index in [0.29, 0.717) is 5.56 Å². The van der Waals surface area contributed by atoms with E-state index in [1.807, 2.05) is 30.3 Å². The summed E-state index contributed by atoms with van der Waals surface area (Å²) >= 11 is 0. The average Bonchev–Trinajstić information content (AvgIpc) is 3.43. The number of nitrogens with two attached hydrogens (primary N) is 1. The molecule has 0 bridgehead atoms. The SMILES string of the molecule is CCOC(=O)C(N)=C(C(=O)OC)C(=C[c-]1cccc1)C(=O)OC.[Fe].c1cc[cH-]c1. The predicted octanol–water partition coefficient (Wildman–Crippen LogP) is 2.31. The molecule has 0 aromatic heterocycles. The fraction of sp³-hybridized carbons (Fsp3) is 0.190. The largest absolute Gasteiger partial charge is 0.472 e. The van der Waals surface area contributed by atoms with Gasteiger partial charge in [0.1, 0.15) is 5.70 Å². The number of esters is 3. The van der Waals surface area contributed by atoms with Gasteiger partial charge in [-0.1, -0.05) is 0 Å². The molecule has 0 aliphatic rings. The van der Waals surface area contributed by atoms with Crippen LogP contribution in [-0.2, 0) is 45.7 Å². The van der Waals surface area contributed by atoms with Gasteiger partial charge in [-0.2, -0.15) is 30.3 Å². The third kappa shape index (κ3) is 8.21. The Morgan fingerprint density at radius 1 is 0.966 bits per heavy atom. The van der Waals surface area contributed by atoms with Crippen molar-refractivity contribution < 1.29 is 45.7 Å². The second kappa shape index (κ2) is 14.0. The minimum Gasteiger partial charge on any atom is -0.472 e. The van der Waals surface area contributed by atoms with Crippen LogP contribution in [0.3, 0.4) is 0 Å². The number of carbonyl (C=O) groups is 3. The van der Waals surface area contributed by atoms with Gasteiger partial charge in [0.05, 0.1) is 26.4 Å². The zero-order valence-corrected chi connectivity index (χ0v) is 17.5. The Hall–Kier alpha value is -3.09. The third-order valence-corrected chi connectivity index (χ3v) is 3.38. The topological polar surface area (TPSA) is 105 Å². The van der Waals surface area contributed by atoms with Gasteiger partial charge in [-0.15, -0.1) is 23.8 Å². The van der Waals surface area contributed by atoms with Crippen LogP contribution in [0.5, 0.6) is 0 Å². The van der Waals surface area contributed by atoms with E-state index in [0.717, 1.165) is 14.2 Å². The summed E-state index contributed by atoms with van der Waals surface area (Å²) in [5, 5.41) is 0. The molecule has 29 heavy (non-hydrogen) atoms. The maximum atomic E-state index is 12.0. The molecule has 7 nitrogen and oxygen atoms in total. The first-order chi connectivity index (χ1) is 13.5. The van der Waals surface area contributed by atoms with Gasteiger partial charge in [-0.25, -0.2) is 21.7 Å². The Kier molecular flexibility index (Phi) is 12.5. The number of hydrogen-bond acceptors (Lipinski definition) is 7. The van der Waals surface area contributed by atoms with Crippen LogP contribution in [0.4, 0.5) is 0 Å². The summed E-state index contributed by atoms with van der Waals surface area (Å²) in [6.45, 7) is 1.65. The zero-order chi connectivity index (χ0) is 20.9. The summed E-state index contributed by atoms with van der Waals surface area (Å²) < 4.78 is 14.1. The van der Waals surface area contributed by atoms with Gasteiger partial charge in [-0.3, -0.25) is 4.79 Å². The van der Waals surface area contributed by atoms with Crippen LogP contribution in [-0.4, -0.2) is 38.7 Å². The van der Waals surface area contributed by atoms with Gasteiger partial charge in [0.25, 0.3) is 5.97 Å². The molecular formula is C21H23FeNO6-2. The molecule has 2 rings (SSSR count). The Labute approximate surface area is 180 Å². The average molecular weight is 441 g/mol. The first-order valence-electron chi connectivity index (χ1n) is 8.40. The van der Waals surface area contributed by atoms with Crippen LogP contribution in [0.15, 0.2) is 71.4 Å². The van der Waals surface area contributed by atoms with Crippen molar-refractivity contribution in [1.82, 2.24) is 0 Å². The third-order valence-electron chi connectivity index (χ3n) is 3.38. The number of carbonyl (C=O) groups excluding carboxylic acids is 3. The molecule has 0 radical (unpaired) electrons. The summed E-state index contributed by atoms with van der Waals surface area (Å²) in [6.07, 6.45) is 1.38. The first kappa shape index (κ1) is 25.9. The maximum Gasteiger partial charge on any atom is 0.354 e. The molecule has 0 unspecified atom stereocenters. The Morgan fingerprint density at radius 2 is 1.52 bits per heavy atom. The van der Waals surface area contributed by atoms with Crippen LogP contribution in [0.25, 0.3) is 6.08 Å². The minimum absolute atomic E-state index is 0. The predicted molar refractivity (Wildman–Crippen MR) is 104 cm³/mol. The van der Waals surface area contributed by atoms with E-state index in [4.69, 9.17) is 10.5 Å². The van der Waals surface area contributed by atoms with E-state index in [-0.39, 0.29) is 29.2 Å². The second-order valence-electron chi connectivity index (χ2n) is 5.23. The van der Waals surface area contributed by atoms with Crippen molar-refractivity contribution in [3.8, 4) is 0 Å². The van der Waals surface area contributed by atoms with Crippen LogP contribution < -0.4 is 5.73 Å². The van der Waals surface area contributed by atoms with Gasteiger partial charge in [-0.05, 0) is 6.92 Å². The van der Waals surface area contributed by atoms with Crippen molar-refractivity contribution in [2.24, 2.45) is 5.73 Å². The summed E-state index contributed by atoms with van der Waals surface area (Å²) in [5.74, 6) is -2.71. The maximum absolute atomic E-state index is 12.0. The summed E-state index contributed by atoms with van der Waals surface area (Å²) in [7, 11) is 2.26. The number of rotatable bonds is 6. The molecule has 0 saturated heterocycles. The molecule has 2 aromatic carbocycles.